The second-order valence-corrected chi connectivity index (χ2v) is 9.19. The van der Waals surface area contributed by atoms with Crippen LogP contribution in [0.5, 0.6) is 5.75 Å². The minimum Gasteiger partial charge on any atom is -0.482 e. The SMILES string of the molecule is CCCNC(=O)[C@H](Cc1ccccc1)N(Cc1cccc(Br)c1)C(=O)COc1ccccc1Cl. The number of ether oxygens (including phenoxy) is 1. The summed E-state index contributed by atoms with van der Waals surface area (Å²) in [5.41, 5.74) is 1.88. The van der Waals surface area contributed by atoms with E-state index in [0.29, 0.717) is 23.7 Å². The van der Waals surface area contributed by atoms with Gasteiger partial charge < -0.3 is 15.0 Å². The summed E-state index contributed by atoms with van der Waals surface area (Å²) < 4.78 is 6.64. The lowest BCUT2D eigenvalue weighted by atomic mass is 10.0. The minimum absolute atomic E-state index is 0.188. The van der Waals surface area contributed by atoms with Crippen LogP contribution in [0.3, 0.4) is 0 Å². The molecule has 0 heterocycles. The summed E-state index contributed by atoms with van der Waals surface area (Å²) in [5, 5.41) is 3.39. The predicted octanol–water partition coefficient (Wildman–Crippen LogP) is 5.65. The molecule has 3 rings (SSSR count). The fraction of sp³-hybridized carbons (Fsp3) is 0.259. The van der Waals surface area contributed by atoms with Crippen LogP contribution in [0.1, 0.15) is 24.5 Å². The van der Waals surface area contributed by atoms with Gasteiger partial charge in [-0.25, -0.2) is 0 Å². The van der Waals surface area contributed by atoms with Crippen molar-refractivity contribution in [2.24, 2.45) is 0 Å². The Labute approximate surface area is 214 Å². The Hall–Kier alpha value is -2.83. The topological polar surface area (TPSA) is 58.6 Å². The molecule has 0 unspecified atom stereocenters. The first kappa shape index (κ1) is 25.8. The van der Waals surface area contributed by atoms with E-state index in [2.05, 4.69) is 21.2 Å². The summed E-state index contributed by atoms with van der Waals surface area (Å²) in [6.45, 7) is 2.57. The number of nitrogens with one attached hydrogen (secondary N) is 1. The molecule has 0 aliphatic heterocycles. The van der Waals surface area contributed by atoms with E-state index < -0.39 is 6.04 Å². The molecule has 3 aromatic carbocycles. The first-order chi connectivity index (χ1) is 16.5. The van der Waals surface area contributed by atoms with Crippen LogP contribution in [0.2, 0.25) is 5.02 Å². The van der Waals surface area contributed by atoms with Gasteiger partial charge in [0.1, 0.15) is 11.8 Å². The second-order valence-electron chi connectivity index (χ2n) is 7.87. The number of carbonyl (C=O) groups is 2. The Morgan fingerprint density at radius 1 is 1.00 bits per heavy atom. The monoisotopic (exact) mass is 542 g/mol. The first-order valence-electron chi connectivity index (χ1n) is 11.2. The standard InChI is InChI=1S/C27H28BrClN2O3/c1-2-15-30-27(33)24(17-20-9-4-3-5-10-20)31(18-21-11-8-12-22(28)16-21)26(32)19-34-25-14-7-6-13-23(25)29/h3-14,16,24H,2,15,17-19H2,1H3,(H,30,33)/t24-/m0/s1. The van der Waals surface area contributed by atoms with Crippen molar-refractivity contribution in [3.05, 3.63) is 99.5 Å². The zero-order chi connectivity index (χ0) is 24.3. The lowest BCUT2D eigenvalue weighted by Crippen LogP contribution is -2.51. The zero-order valence-electron chi connectivity index (χ0n) is 19.0. The van der Waals surface area contributed by atoms with Crippen molar-refractivity contribution in [3.8, 4) is 5.75 Å². The summed E-state index contributed by atoms with van der Waals surface area (Å²) in [6.07, 6.45) is 1.20. The van der Waals surface area contributed by atoms with Crippen molar-refractivity contribution in [1.29, 1.82) is 0 Å². The van der Waals surface area contributed by atoms with E-state index in [1.54, 1.807) is 29.2 Å². The minimum atomic E-state index is -0.699. The van der Waals surface area contributed by atoms with Gasteiger partial charge in [0.05, 0.1) is 5.02 Å². The van der Waals surface area contributed by atoms with Crippen LogP contribution in [0, 0.1) is 0 Å². The second kappa shape index (κ2) is 13.2. The molecule has 5 nitrogen and oxygen atoms in total. The Bertz CT molecular complexity index is 1090. The molecular formula is C27H28BrClN2O3. The number of halogens is 2. The average molecular weight is 544 g/mol. The number of rotatable bonds is 11. The van der Waals surface area contributed by atoms with Crippen molar-refractivity contribution in [3.63, 3.8) is 0 Å². The van der Waals surface area contributed by atoms with Gasteiger partial charge in [0, 0.05) is 24.0 Å². The molecule has 7 heteroatoms. The highest BCUT2D eigenvalue weighted by Gasteiger charge is 2.30. The lowest BCUT2D eigenvalue weighted by molar-refractivity contribution is -0.142. The normalized spacial score (nSPS) is 11.5. The average Bonchev–Trinajstić information content (AvgIpc) is 2.84. The number of amides is 2. The van der Waals surface area contributed by atoms with Crippen LogP contribution in [0.15, 0.2) is 83.3 Å². The van der Waals surface area contributed by atoms with Crippen LogP contribution in [-0.2, 0) is 22.6 Å². The van der Waals surface area contributed by atoms with Crippen LogP contribution < -0.4 is 10.1 Å². The summed E-state index contributed by atoms with van der Waals surface area (Å²) in [7, 11) is 0. The molecule has 0 aromatic heterocycles. The van der Waals surface area contributed by atoms with Gasteiger partial charge in [0.2, 0.25) is 5.91 Å². The van der Waals surface area contributed by atoms with Gasteiger partial charge in [-0.1, -0.05) is 89.1 Å². The molecule has 0 saturated heterocycles. The molecule has 0 aliphatic carbocycles. The quantitative estimate of drug-likeness (QED) is 0.340. The largest absolute Gasteiger partial charge is 0.482 e. The van der Waals surface area contributed by atoms with E-state index in [1.807, 2.05) is 61.5 Å². The van der Waals surface area contributed by atoms with E-state index in [-0.39, 0.29) is 25.0 Å². The summed E-state index contributed by atoms with van der Waals surface area (Å²) in [5.74, 6) is -0.0609. The van der Waals surface area contributed by atoms with Gasteiger partial charge in [0.25, 0.3) is 5.91 Å². The van der Waals surface area contributed by atoms with Gasteiger partial charge in [-0.05, 0) is 41.8 Å². The third kappa shape index (κ3) is 7.61. The molecule has 0 saturated carbocycles. The molecule has 34 heavy (non-hydrogen) atoms. The van der Waals surface area contributed by atoms with Crippen LogP contribution >= 0.6 is 27.5 Å². The molecule has 178 valence electrons. The third-order valence-electron chi connectivity index (χ3n) is 5.25. The zero-order valence-corrected chi connectivity index (χ0v) is 21.4. The molecule has 1 N–H and O–H groups in total. The maximum atomic E-state index is 13.5. The molecule has 0 bridgehead atoms. The van der Waals surface area contributed by atoms with E-state index in [0.717, 1.165) is 22.0 Å². The molecule has 3 aromatic rings. The van der Waals surface area contributed by atoms with E-state index >= 15 is 0 Å². The predicted molar refractivity (Wildman–Crippen MR) is 139 cm³/mol. The smallest absolute Gasteiger partial charge is 0.261 e. The fourth-order valence-corrected chi connectivity index (χ4v) is 4.17. The highest BCUT2D eigenvalue weighted by atomic mass is 79.9. The number of benzene rings is 3. The maximum Gasteiger partial charge on any atom is 0.261 e. The molecule has 0 fully saturated rings. The Balaban J connectivity index is 1.90. The van der Waals surface area contributed by atoms with Gasteiger partial charge in [-0.15, -0.1) is 0 Å². The Morgan fingerprint density at radius 2 is 1.71 bits per heavy atom. The maximum absolute atomic E-state index is 13.5. The number of hydrogen-bond acceptors (Lipinski definition) is 3. The molecule has 2 amide bonds. The van der Waals surface area contributed by atoms with Crippen molar-refractivity contribution in [2.45, 2.75) is 32.4 Å². The molecule has 0 spiro atoms. The van der Waals surface area contributed by atoms with Gasteiger partial charge in [-0.3, -0.25) is 9.59 Å². The Kier molecular flexibility index (Phi) is 9.98. The van der Waals surface area contributed by atoms with Crippen molar-refractivity contribution in [2.75, 3.05) is 13.2 Å². The van der Waals surface area contributed by atoms with Gasteiger partial charge >= 0.3 is 0 Å². The van der Waals surface area contributed by atoms with Crippen molar-refractivity contribution < 1.29 is 14.3 Å². The van der Waals surface area contributed by atoms with Crippen LogP contribution in [0.4, 0.5) is 0 Å². The van der Waals surface area contributed by atoms with Crippen molar-refractivity contribution >= 4 is 39.3 Å². The van der Waals surface area contributed by atoms with Gasteiger partial charge in [-0.2, -0.15) is 0 Å². The number of para-hydroxylation sites is 1. The Morgan fingerprint density at radius 3 is 2.41 bits per heavy atom. The van der Waals surface area contributed by atoms with Crippen LogP contribution in [0.25, 0.3) is 0 Å². The van der Waals surface area contributed by atoms with E-state index in [4.69, 9.17) is 16.3 Å². The summed E-state index contributed by atoms with van der Waals surface area (Å²) in [6, 6.07) is 23.7. The number of nitrogens with zero attached hydrogens (tertiary/aromatic N) is 1. The molecule has 0 aliphatic rings. The third-order valence-corrected chi connectivity index (χ3v) is 6.06. The number of carbonyl (C=O) groups excluding carboxylic acids is 2. The van der Waals surface area contributed by atoms with E-state index in [1.165, 1.54) is 0 Å². The molecule has 1 atom stereocenters. The summed E-state index contributed by atoms with van der Waals surface area (Å²) in [4.78, 5) is 28.3. The highest BCUT2D eigenvalue weighted by molar-refractivity contribution is 9.10. The van der Waals surface area contributed by atoms with Crippen LogP contribution in [-0.4, -0.2) is 35.9 Å². The van der Waals surface area contributed by atoms with E-state index in [9.17, 15) is 9.59 Å². The first-order valence-corrected chi connectivity index (χ1v) is 12.4. The lowest BCUT2D eigenvalue weighted by Gasteiger charge is -2.31. The number of hydrogen-bond donors (Lipinski definition) is 1. The molecule has 0 radical (unpaired) electrons. The van der Waals surface area contributed by atoms with Crippen molar-refractivity contribution in [1.82, 2.24) is 10.2 Å². The summed E-state index contributed by atoms with van der Waals surface area (Å²) >= 11 is 9.68. The molecular weight excluding hydrogens is 516 g/mol. The fourth-order valence-electron chi connectivity index (χ4n) is 3.54. The highest BCUT2D eigenvalue weighted by Crippen LogP contribution is 2.24. The van der Waals surface area contributed by atoms with Gasteiger partial charge in [0.15, 0.2) is 6.61 Å².